The topological polar surface area (TPSA) is 137 Å². The van der Waals surface area contributed by atoms with E-state index in [1.54, 1.807) is 39.0 Å². The van der Waals surface area contributed by atoms with Crippen molar-refractivity contribution in [2.45, 2.75) is 52.4 Å². The number of nitrogens with zero attached hydrogens (tertiary/aromatic N) is 5. The molecule has 1 fully saturated rings. The number of amides is 1. The number of ether oxygens (including phenoxy) is 2. The zero-order valence-electron chi connectivity index (χ0n) is 18.2. The molecule has 11 nitrogen and oxygen atoms in total. The van der Waals surface area contributed by atoms with E-state index in [1.165, 1.54) is 9.70 Å². The number of hydrogen-bond acceptors (Lipinski definition) is 8. The molecular weight excluding hydrogens is 418 g/mol. The first kappa shape index (κ1) is 21.7. The Hall–Kier alpha value is -3.50. The van der Waals surface area contributed by atoms with Crippen LogP contribution in [0.15, 0.2) is 18.2 Å². The van der Waals surface area contributed by atoms with E-state index in [0.29, 0.717) is 48.6 Å². The highest BCUT2D eigenvalue weighted by molar-refractivity contribution is 6.01. The van der Waals surface area contributed by atoms with Crippen molar-refractivity contribution in [2.24, 2.45) is 5.41 Å². The molecule has 32 heavy (non-hydrogen) atoms. The predicted octanol–water partition coefficient (Wildman–Crippen LogP) is 2.36. The lowest BCUT2D eigenvalue weighted by atomic mass is 9.82. The van der Waals surface area contributed by atoms with Crippen LogP contribution in [-0.2, 0) is 16.3 Å². The molecular formula is C21H25N5O6. The van der Waals surface area contributed by atoms with E-state index >= 15 is 0 Å². The van der Waals surface area contributed by atoms with E-state index < -0.39 is 17.1 Å². The maximum atomic E-state index is 12.9. The number of benzene rings is 1. The number of carbonyl (C=O) groups is 3. The van der Waals surface area contributed by atoms with Gasteiger partial charge in [0, 0.05) is 31.5 Å². The van der Waals surface area contributed by atoms with Gasteiger partial charge in [0.25, 0.3) is 0 Å². The summed E-state index contributed by atoms with van der Waals surface area (Å²) in [5, 5.41) is 21.3. The molecule has 1 aromatic carbocycles. The number of Topliss-reactive ketones (excluding diaryl/α,β-unsaturated/α-hetero) is 1. The van der Waals surface area contributed by atoms with Gasteiger partial charge >= 0.3 is 12.1 Å². The van der Waals surface area contributed by atoms with Gasteiger partial charge in [-0.1, -0.05) is 0 Å². The van der Waals surface area contributed by atoms with Gasteiger partial charge in [0.15, 0.2) is 5.78 Å². The Morgan fingerprint density at radius 3 is 2.62 bits per heavy atom. The van der Waals surface area contributed by atoms with Crippen LogP contribution >= 0.6 is 0 Å². The van der Waals surface area contributed by atoms with Crippen molar-refractivity contribution in [1.29, 1.82) is 0 Å². The summed E-state index contributed by atoms with van der Waals surface area (Å²) in [5.41, 5.74) is -0.283. The third-order valence-electron chi connectivity index (χ3n) is 5.67. The highest BCUT2D eigenvalue weighted by atomic mass is 16.5. The summed E-state index contributed by atoms with van der Waals surface area (Å²) in [4.78, 5) is 38.5. The largest absolute Gasteiger partial charge is 0.486 e. The van der Waals surface area contributed by atoms with E-state index in [4.69, 9.17) is 14.6 Å². The molecule has 1 spiro atoms. The molecule has 2 aromatic rings. The van der Waals surface area contributed by atoms with Gasteiger partial charge in [0.1, 0.15) is 11.4 Å². The van der Waals surface area contributed by atoms with Crippen LogP contribution in [0.4, 0.5) is 4.79 Å². The highest BCUT2D eigenvalue weighted by Crippen LogP contribution is 2.40. The average molecular weight is 443 g/mol. The smallest absolute Gasteiger partial charge is 0.407 e. The first-order valence-corrected chi connectivity index (χ1v) is 10.4. The minimum absolute atomic E-state index is 0.0663. The minimum Gasteiger partial charge on any atom is -0.486 e. The van der Waals surface area contributed by atoms with Crippen LogP contribution in [-0.4, -0.2) is 66.8 Å². The summed E-state index contributed by atoms with van der Waals surface area (Å²) in [6, 6.07) is 5.10. The van der Waals surface area contributed by atoms with Crippen molar-refractivity contribution in [3.8, 4) is 17.1 Å². The lowest BCUT2D eigenvalue weighted by Gasteiger charge is -2.43. The van der Waals surface area contributed by atoms with Crippen molar-refractivity contribution in [2.75, 3.05) is 13.1 Å². The Kier molecular flexibility index (Phi) is 5.35. The van der Waals surface area contributed by atoms with E-state index in [-0.39, 0.29) is 24.9 Å². The average Bonchev–Trinajstić information content (AvgIpc) is 3.20. The maximum Gasteiger partial charge on any atom is 0.407 e. The van der Waals surface area contributed by atoms with E-state index in [9.17, 15) is 14.4 Å². The van der Waals surface area contributed by atoms with Gasteiger partial charge in [0.2, 0.25) is 12.6 Å². The molecule has 4 rings (SSSR count). The lowest BCUT2D eigenvalue weighted by Crippen LogP contribution is -2.52. The van der Waals surface area contributed by atoms with Gasteiger partial charge in [0.05, 0.1) is 17.4 Å². The van der Waals surface area contributed by atoms with Gasteiger partial charge in [-0.15, -0.1) is 15.0 Å². The van der Waals surface area contributed by atoms with Gasteiger partial charge < -0.3 is 19.5 Å². The molecule has 1 amide bonds. The molecule has 3 heterocycles. The first-order chi connectivity index (χ1) is 15.1. The van der Waals surface area contributed by atoms with Gasteiger partial charge in [-0.3, -0.25) is 9.59 Å². The second-order valence-electron chi connectivity index (χ2n) is 9.16. The van der Waals surface area contributed by atoms with Crippen LogP contribution in [0.2, 0.25) is 0 Å². The zero-order chi connectivity index (χ0) is 23.1. The summed E-state index contributed by atoms with van der Waals surface area (Å²) < 4.78 is 11.4. The van der Waals surface area contributed by atoms with Crippen LogP contribution < -0.4 is 4.74 Å². The molecule has 0 radical (unpaired) electrons. The summed E-state index contributed by atoms with van der Waals surface area (Å²) in [5.74, 6) is 0.321. The van der Waals surface area contributed by atoms with Crippen molar-refractivity contribution >= 4 is 17.8 Å². The molecule has 170 valence electrons. The van der Waals surface area contributed by atoms with Crippen LogP contribution in [0.1, 0.15) is 50.4 Å². The van der Waals surface area contributed by atoms with Crippen molar-refractivity contribution < 1.29 is 29.0 Å². The Balaban J connectivity index is 1.47. The summed E-state index contributed by atoms with van der Waals surface area (Å²) in [6.07, 6.45) is 0.172. The molecule has 1 N–H and O–H groups in total. The van der Waals surface area contributed by atoms with Crippen LogP contribution in [0, 0.1) is 5.41 Å². The molecule has 2 aliphatic rings. The third kappa shape index (κ3) is 4.27. The summed E-state index contributed by atoms with van der Waals surface area (Å²) >= 11 is 0. The second-order valence-corrected chi connectivity index (χ2v) is 9.16. The van der Waals surface area contributed by atoms with Crippen molar-refractivity contribution in [1.82, 2.24) is 25.1 Å². The number of tetrazole rings is 1. The number of carbonyl (C=O) groups excluding carboxylic acids is 2. The van der Waals surface area contributed by atoms with Crippen molar-refractivity contribution in [3.05, 3.63) is 23.8 Å². The monoisotopic (exact) mass is 443 g/mol. The fourth-order valence-electron chi connectivity index (χ4n) is 3.76. The molecule has 0 aliphatic carbocycles. The highest BCUT2D eigenvalue weighted by Gasteiger charge is 2.43. The molecule has 1 saturated heterocycles. The fraction of sp³-hybridized carbons (Fsp3) is 0.524. The number of aromatic nitrogens is 4. The number of fused-ring (bicyclic) bond motifs is 1. The van der Waals surface area contributed by atoms with Gasteiger partial charge in [-0.25, -0.2) is 4.79 Å². The van der Waals surface area contributed by atoms with E-state index in [2.05, 4.69) is 15.4 Å². The third-order valence-corrected chi connectivity index (χ3v) is 5.67. The molecule has 11 heteroatoms. The quantitative estimate of drug-likeness (QED) is 0.709. The molecule has 0 atom stereocenters. The standard InChI is InChI=1S/C21H25N5O6/c1-20(2,3)18(28)31-12-26-23-17(22-24-26)13-4-5-16-14(10-13)15(27)11-21(32-16)6-8-25(9-7-21)19(29)30/h4-5,10H,6-9,11-12H2,1-3H3,(H,29,30). The van der Waals surface area contributed by atoms with Gasteiger partial charge in [-0.05, 0) is 44.2 Å². The number of carboxylic acid groups (broad SMARTS) is 1. The Morgan fingerprint density at radius 1 is 1.25 bits per heavy atom. The normalized spacial score (nSPS) is 17.6. The number of likely N-dealkylation sites (tertiary alicyclic amines) is 1. The second kappa shape index (κ2) is 7.88. The zero-order valence-corrected chi connectivity index (χ0v) is 18.2. The number of hydrogen-bond donors (Lipinski definition) is 1. The predicted molar refractivity (Wildman–Crippen MR) is 110 cm³/mol. The summed E-state index contributed by atoms with van der Waals surface area (Å²) in [6.45, 7) is 5.77. The summed E-state index contributed by atoms with van der Waals surface area (Å²) in [7, 11) is 0. The Morgan fingerprint density at radius 2 is 1.97 bits per heavy atom. The Bertz CT molecular complexity index is 1060. The minimum atomic E-state index is -0.958. The van der Waals surface area contributed by atoms with E-state index in [1.807, 2.05) is 0 Å². The molecule has 1 aromatic heterocycles. The Labute approximate surface area is 184 Å². The van der Waals surface area contributed by atoms with Crippen molar-refractivity contribution in [3.63, 3.8) is 0 Å². The lowest BCUT2D eigenvalue weighted by molar-refractivity contribution is -0.157. The molecule has 0 bridgehead atoms. The SMILES string of the molecule is CC(C)(C)C(=O)OCn1nnc(-c2ccc3c(c2)C(=O)CC2(CCN(C(=O)O)CC2)O3)n1. The van der Waals surface area contributed by atoms with Gasteiger partial charge in [-0.2, -0.15) is 0 Å². The van der Waals surface area contributed by atoms with Crippen LogP contribution in [0.5, 0.6) is 5.75 Å². The van der Waals surface area contributed by atoms with Crippen LogP contribution in [0.25, 0.3) is 11.4 Å². The van der Waals surface area contributed by atoms with E-state index in [0.717, 1.165) is 0 Å². The maximum absolute atomic E-state index is 12.9. The molecule has 2 aliphatic heterocycles. The number of ketones is 1. The fourth-order valence-corrected chi connectivity index (χ4v) is 3.76. The molecule has 0 unspecified atom stereocenters. The van der Waals surface area contributed by atoms with Crippen LogP contribution in [0.3, 0.4) is 0 Å². The number of esters is 1. The number of piperidine rings is 1. The molecule has 0 saturated carbocycles. The first-order valence-electron chi connectivity index (χ1n) is 10.4. The number of rotatable bonds is 3.